The van der Waals surface area contributed by atoms with Crippen molar-refractivity contribution in [1.29, 1.82) is 0 Å². The number of phosphoric acid groups is 1. The van der Waals surface area contributed by atoms with Crippen LogP contribution in [0.25, 0.3) is 0 Å². The van der Waals surface area contributed by atoms with Gasteiger partial charge in [-0.3, -0.25) is 0 Å². The van der Waals surface area contributed by atoms with Crippen LogP contribution in [-0.2, 0) is 53.9 Å². The average molecular weight is 414 g/mol. The van der Waals surface area contributed by atoms with Crippen LogP contribution >= 0.6 is 7.82 Å². The number of hydrogen-bond donors (Lipinski definition) is 2. The Hall–Kier alpha value is 3.23. The molecule has 0 atom stereocenters. The monoisotopic (exact) mass is 415 g/mol. The Balaban J connectivity index is -0.000000125. The van der Waals surface area contributed by atoms with Crippen LogP contribution in [0.5, 0.6) is 0 Å². The van der Waals surface area contributed by atoms with Crippen LogP contribution in [0.4, 0.5) is 0 Å². The second-order valence-electron chi connectivity index (χ2n) is 0.620. The summed E-state index contributed by atoms with van der Waals surface area (Å²) in [6, 6.07) is 0. The average Bonchev–Trinajstić information content (AvgIpc) is 1.35. The van der Waals surface area contributed by atoms with Crippen molar-refractivity contribution in [2.75, 3.05) is 0 Å². The van der Waals surface area contributed by atoms with Gasteiger partial charge in [0.05, 0.1) is 0 Å². The van der Waals surface area contributed by atoms with Crippen LogP contribution in [-0.4, -0.2) is 58.7 Å². The third-order valence-electron chi connectivity index (χ3n) is 0.168. The van der Waals surface area contributed by atoms with Crippen LogP contribution in [0.2, 0.25) is 0 Å². The molecular formula is H4BaCdO4PZn. The van der Waals surface area contributed by atoms with E-state index in [1.165, 1.54) is 0 Å². The van der Waals surface area contributed by atoms with Crippen molar-refractivity contribution >= 4 is 56.7 Å². The summed E-state index contributed by atoms with van der Waals surface area (Å²) >= 11 is 0.171. The molecule has 0 unspecified atom stereocenters. The minimum atomic E-state index is -4.09. The summed E-state index contributed by atoms with van der Waals surface area (Å²) in [6.07, 6.45) is 0. The first-order valence-corrected chi connectivity index (χ1v) is 3.80. The fourth-order valence-corrected chi connectivity index (χ4v) is 0. The van der Waals surface area contributed by atoms with Crippen LogP contribution in [0, 0.1) is 0 Å². The first-order chi connectivity index (χ1) is 2.56. The van der Waals surface area contributed by atoms with Gasteiger partial charge in [-0.15, -0.1) is 0 Å². The van der Waals surface area contributed by atoms with Gasteiger partial charge >= 0.3 is 93.1 Å². The van der Waals surface area contributed by atoms with E-state index in [2.05, 4.69) is 3.35 Å². The molecule has 0 rings (SSSR count). The molecule has 0 spiro atoms. The van der Waals surface area contributed by atoms with Crippen molar-refractivity contribution < 1.29 is 63.7 Å². The Morgan fingerprint density at radius 2 is 1.62 bits per heavy atom. The van der Waals surface area contributed by atoms with Gasteiger partial charge in [-0.1, -0.05) is 0 Å². The zero-order valence-corrected chi connectivity index (χ0v) is 11.5. The Labute approximate surface area is 118 Å². The van der Waals surface area contributed by atoms with E-state index in [9.17, 15) is 4.57 Å². The first kappa shape index (κ1) is 17.3. The molecule has 8 heteroatoms. The van der Waals surface area contributed by atoms with Crippen molar-refractivity contribution in [2.45, 2.75) is 0 Å². The van der Waals surface area contributed by atoms with Gasteiger partial charge in [0.2, 0.25) is 0 Å². The molecule has 0 bridgehead atoms. The molecule has 0 aromatic rings. The summed E-state index contributed by atoms with van der Waals surface area (Å²) in [4.78, 5) is 15.5. The molecule has 0 amide bonds. The van der Waals surface area contributed by atoms with Crippen molar-refractivity contribution in [3.8, 4) is 0 Å². The fraction of sp³-hybridized carbons (Fsp3) is 0. The zero-order chi connectivity index (χ0) is 5.21. The third-order valence-corrected chi connectivity index (χ3v) is 2.62. The smallest absolute Gasteiger partial charge is 0 e. The Bertz CT molecular complexity index is 80.1. The molecule has 0 radical (unpaired) electrons. The Kier molecular flexibility index (Phi) is 18.1. The van der Waals surface area contributed by atoms with Crippen LogP contribution in [0.15, 0.2) is 0 Å². The van der Waals surface area contributed by atoms with Gasteiger partial charge in [-0.05, 0) is 0 Å². The van der Waals surface area contributed by atoms with Crippen molar-refractivity contribution in [3.05, 3.63) is 0 Å². The predicted octanol–water partition coefficient (Wildman–Crippen LogP) is -1.36. The second kappa shape index (κ2) is 8.32. The maximum atomic E-state index is 9.50. The van der Waals surface area contributed by atoms with E-state index in [4.69, 9.17) is 9.79 Å². The van der Waals surface area contributed by atoms with Gasteiger partial charge in [-0.25, -0.2) is 0 Å². The normalized spacial score (nSPS) is 9.00. The summed E-state index contributed by atoms with van der Waals surface area (Å²) in [5.41, 5.74) is 0. The van der Waals surface area contributed by atoms with E-state index in [0.29, 0.717) is 0 Å². The van der Waals surface area contributed by atoms with E-state index in [1.807, 2.05) is 0 Å². The van der Waals surface area contributed by atoms with Crippen LogP contribution < -0.4 is 0 Å². The maximum absolute atomic E-state index is 9.50. The third kappa shape index (κ3) is 16.1. The minimum absolute atomic E-state index is 0. The summed E-state index contributed by atoms with van der Waals surface area (Å²) < 4.78 is 13.2. The Morgan fingerprint density at radius 3 is 1.62 bits per heavy atom. The topological polar surface area (TPSA) is 66.8 Å². The van der Waals surface area contributed by atoms with Gasteiger partial charge in [0.1, 0.15) is 0 Å². The molecule has 0 saturated carbocycles. The van der Waals surface area contributed by atoms with Crippen LogP contribution in [0.3, 0.4) is 0 Å². The maximum Gasteiger partial charge on any atom is 0 e. The summed E-state index contributed by atoms with van der Waals surface area (Å²) in [7, 11) is -4.09. The van der Waals surface area contributed by atoms with Gasteiger partial charge < -0.3 is 0 Å². The van der Waals surface area contributed by atoms with Gasteiger partial charge in [0, 0.05) is 27.3 Å². The molecular weight excluding hydrogens is 410 g/mol. The number of hydrogen-bond acceptors (Lipinski definition) is 2. The molecule has 4 nitrogen and oxygen atoms in total. The molecule has 0 heterocycles. The first-order valence-electron chi connectivity index (χ1n) is 1.05. The summed E-state index contributed by atoms with van der Waals surface area (Å²) in [5.74, 6) is 0. The van der Waals surface area contributed by atoms with Crippen molar-refractivity contribution in [3.63, 3.8) is 0 Å². The molecule has 2 N–H and O–H groups in total. The zero-order valence-electron chi connectivity index (χ0n) is 3.57. The largest absolute Gasteiger partial charge is 0 e. The standard InChI is InChI=1S/Ba.Cd.H3O4P.Zn.2H/c;;1-5(2,3)4;;;/h;;(H3,1,2,3,4);;;/q;;;+1;;/p-1. The van der Waals surface area contributed by atoms with Gasteiger partial charge in [-0.2, -0.15) is 0 Å². The molecule has 8 heavy (non-hydrogen) atoms. The van der Waals surface area contributed by atoms with E-state index in [-0.39, 0.29) is 94.8 Å². The summed E-state index contributed by atoms with van der Waals surface area (Å²) in [6.45, 7) is 0. The molecule has 39 valence electrons. The molecule has 0 aliphatic carbocycles. The quantitative estimate of drug-likeness (QED) is 0.411. The van der Waals surface area contributed by atoms with Crippen LogP contribution in [0.1, 0.15) is 0 Å². The minimum Gasteiger partial charge on any atom is 0 e. The van der Waals surface area contributed by atoms with E-state index < -0.39 is 7.82 Å². The van der Waals surface area contributed by atoms with E-state index >= 15 is 0 Å². The second-order valence-corrected chi connectivity index (χ2v) is 3.48. The fourth-order valence-electron chi connectivity index (χ4n) is 0. The molecule has 0 aliphatic rings. The molecule has 0 saturated heterocycles. The molecule has 0 aromatic heterocycles. The van der Waals surface area contributed by atoms with Gasteiger partial charge in [0.15, 0.2) is 0 Å². The molecule has 0 aromatic carbocycles. The Morgan fingerprint density at radius 1 is 1.50 bits per heavy atom. The predicted molar refractivity (Wildman–Crippen MR) is 21.7 cm³/mol. The molecule has 0 fully saturated rings. The summed E-state index contributed by atoms with van der Waals surface area (Å²) in [5, 5.41) is 0. The van der Waals surface area contributed by atoms with E-state index in [1.54, 1.807) is 0 Å². The number of rotatable bonds is 1. The molecule has 0 aliphatic heterocycles. The SMILES string of the molecule is O=P(O)(O)[O][Zn].[BaH2].[Cd]. The van der Waals surface area contributed by atoms with E-state index in [0.717, 1.165) is 0 Å². The van der Waals surface area contributed by atoms with Crippen molar-refractivity contribution in [2.24, 2.45) is 0 Å². The van der Waals surface area contributed by atoms with Gasteiger partial charge in [0.25, 0.3) is 0 Å². The van der Waals surface area contributed by atoms with Crippen molar-refractivity contribution in [1.82, 2.24) is 0 Å².